The first-order valence-electron chi connectivity index (χ1n) is 5.24. The normalized spacial score (nSPS) is 14.3. The number of carboxylic acids is 1. The minimum absolute atomic E-state index is 0.0872. The van der Waals surface area contributed by atoms with Gasteiger partial charge in [0.05, 0.1) is 12.2 Å². The van der Waals surface area contributed by atoms with Crippen molar-refractivity contribution < 1.29 is 14.1 Å². The van der Waals surface area contributed by atoms with Crippen molar-refractivity contribution in [3.8, 4) is 0 Å². The number of hydrogen-bond donors (Lipinski definition) is 1. The Hall–Kier alpha value is -0.870. The summed E-state index contributed by atoms with van der Waals surface area (Å²) in [5.74, 6) is -0.631. The van der Waals surface area contributed by atoms with Crippen LogP contribution in [0.2, 0.25) is 5.02 Å². The smallest absolute Gasteiger partial charge is 0.304 e. The Morgan fingerprint density at radius 1 is 1.53 bits per heavy atom. The summed E-state index contributed by atoms with van der Waals surface area (Å²) in [5.41, 5.74) is 1.84. The molecule has 3 nitrogen and oxygen atoms in total. The number of carbonyl (C=O) groups is 1. The van der Waals surface area contributed by atoms with E-state index in [1.54, 1.807) is 6.92 Å². The first-order valence-corrected chi connectivity index (χ1v) is 7.00. The maximum Gasteiger partial charge on any atom is 0.304 e. The molecule has 0 aliphatic heterocycles. The van der Waals surface area contributed by atoms with Crippen LogP contribution in [0.15, 0.2) is 18.2 Å². The second-order valence-electron chi connectivity index (χ2n) is 4.03. The standard InChI is InChI=1S/C12H15ClO3S/c1-8-3-4-10(11(13)5-8)7-17(16)9(2)6-12(14)15/h3-5,9H,6-7H2,1-2H3,(H,14,15). The molecule has 1 aromatic carbocycles. The molecule has 0 aliphatic rings. The van der Waals surface area contributed by atoms with Gasteiger partial charge in [-0.15, -0.1) is 0 Å². The van der Waals surface area contributed by atoms with Crippen LogP contribution in [-0.2, 0) is 21.3 Å². The molecule has 0 saturated carbocycles. The van der Waals surface area contributed by atoms with Crippen LogP contribution in [0.1, 0.15) is 24.5 Å². The van der Waals surface area contributed by atoms with Gasteiger partial charge in [-0.2, -0.15) is 0 Å². The third-order valence-electron chi connectivity index (χ3n) is 2.42. The molecule has 1 rings (SSSR count). The van der Waals surface area contributed by atoms with Crippen molar-refractivity contribution in [1.29, 1.82) is 0 Å². The molecule has 2 unspecified atom stereocenters. The fraction of sp³-hybridized carbons (Fsp3) is 0.417. The summed E-state index contributed by atoms with van der Waals surface area (Å²) in [6, 6.07) is 5.55. The van der Waals surface area contributed by atoms with Crippen molar-refractivity contribution in [2.45, 2.75) is 31.3 Å². The third-order valence-corrected chi connectivity index (χ3v) is 4.43. The van der Waals surface area contributed by atoms with Crippen LogP contribution >= 0.6 is 11.6 Å². The summed E-state index contributed by atoms with van der Waals surface area (Å²) in [6.07, 6.45) is -0.0872. The second kappa shape index (κ2) is 6.17. The van der Waals surface area contributed by atoms with Crippen LogP contribution in [0.4, 0.5) is 0 Å². The Labute approximate surface area is 108 Å². The van der Waals surface area contributed by atoms with E-state index in [4.69, 9.17) is 16.7 Å². The molecule has 0 spiro atoms. The number of rotatable bonds is 5. The van der Waals surface area contributed by atoms with Gasteiger partial charge in [0.2, 0.25) is 0 Å². The maximum absolute atomic E-state index is 11.9. The summed E-state index contributed by atoms with van der Waals surface area (Å²) >= 11 is 6.03. The van der Waals surface area contributed by atoms with Crippen LogP contribution < -0.4 is 0 Å². The lowest BCUT2D eigenvalue weighted by molar-refractivity contribution is -0.136. The first-order chi connectivity index (χ1) is 7.90. The molecule has 5 heteroatoms. The number of carboxylic acid groups (broad SMARTS) is 1. The zero-order valence-electron chi connectivity index (χ0n) is 9.77. The Bertz CT molecular complexity index is 445. The van der Waals surface area contributed by atoms with Gasteiger partial charge >= 0.3 is 5.97 Å². The van der Waals surface area contributed by atoms with Crippen LogP contribution in [-0.4, -0.2) is 20.5 Å². The predicted octanol–water partition coefficient (Wildman–Crippen LogP) is 2.76. The van der Waals surface area contributed by atoms with Crippen LogP contribution in [0, 0.1) is 6.92 Å². The van der Waals surface area contributed by atoms with Crippen molar-refractivity contribution in [2.24, 2.45) is 0 Å². The SMILES string of the molecule is Cc1ccc(CS(=O)C(C)CC(=O)O)c(Cl)c1. The molecule has 94 valence electrons. The molecule has 0 heterocycles. The van der Waals surface area contributed by atoms with Crippen LogP contribution in [0.3, 0.4) is 0 Å². The molecule has 2 atom stereocenters. The van der Waals surface area contributed by atoms with E-state index in [9.17, 15) is 9.00 Å². The first kappa shape index (κ1) is 14.2. The quantitative estimate of drug-likeness (QED) is 0.898. The molecule has 0 bridgehead atoms. The monoisotopic (exact) mass is 274 g/mol. The number of hydrogen-bond acceptors (Lipinski definition) is 2. The zero-order chi connectivity index (χ0) is 13.0. The van der Waals surface area contributed by atoms with Gasteiger partial charge in [0.1, 0.15) is 0 Å². The van der Waals surface area contributed by atoms with E-state index in [0.29, 0.717) is 10.8 Å². The van der Waals surface area contributed by atoms with Gasteiger partial charge < -0.3 is 5.11 Å². The average Bonchev–Trinajstić information content (AvgIpc) is 2.21. The van der Waals surface area contributed by atoms with Gasteiger partial charge in [-0.3, -0.25) is 9.00 Å². The average molecular weight is 275 g/mol. The van der Waals surface area contributed by atoms with Gasteiger partial charge in [-0.25, -0.2) is 0 Å². The summed E-state index contributed by atoms with van der Waals surface area (Å²) < 4.78 is 11.9. The van der Waals surface area contributed by atoms with Crippen molar-refractivity contribution in [3.05, 3.63) is 34.3 Å². The molecule has 0 aliphatic carbocycles. The van der Waals surface area contributed by atoms with Gasteiger partial charge in [0.25, 0.3) is 0 Å². The van der Waals surface area contributed by atoms with E-state index < -0.39 is 16.8 Å². The minimum atomic E-state index is -1.22. The van der Waals surface area contributed by atoms with E-state index in [-0.39, 0.29) is 11.7 Å². The van der Waals surface area contributed by atoms with Crippen LogP contribution in [0.5, 0.6) is 0 Å². The number of aliphatic carboxylic acids is 1. The number of benzene rings is 1. The lowest BCUT2D eigenvalue weighted by Gasteiger charge is -2.10. The summed E-state index contributed by atoms with van der Waals surface area (Å²) in [5, 5.41) is 8.84. The van der Waals surface area contributed by atoms with Crippen molar-refractivity contribution >= 4 is 28.4 Å². The Balaban J connectivity index is 2.71. The number of aryl methyl sites for hydroxylation is 1. The molecule has 0 saturated heterocycles. The van der Waals surface area contributed by atoms with Crippen LogP contribution in [0.25, 0.3) is 0 Å². The molecule has 0 amide bonds. The molecular weight excluding hydrogens is 260 g/mol. The molecule has 17 heavy (non-hydrogen) atoms. The fourth-order valence-corrected chi connectivity index (χ4v) is 2.96. The molecule has 0 fully saturated rings. The van der Waals surface area contributed by atoms with E-state index in [2.05, 4.69) is 0 Å². The fourth-order valence-electron chi connectivity index (χ4n) is 1.40. The maximum atomic E-state index is 11.9. The van der Waals surface area contributed by atoms with Gasteiger partial charge in [-0.05, 0) is 24.1 Å². The highest BCUT2D eigenvalue weighted by molar-refractivity contribution is 7.84. The molecule has 1 N–H and O–H groups in total. The highest BCUT2D eigenvalue weighted by Gasteiger charge is 2.16. The van der Waals surface area contributed by atoms with E-state index >= 15 is 0 Å². The predicted molar refractivity (Wildman–Crippen MR) is 69.8 cm³/mol. The van der Waals surface area contributed by atoms with Crippen molar-refractivity contribution in [2.75, 3.05) is 0 Å². The molecule has 0 radical (unpaired) electrons. The third kappa shape index (κ3) is 4.48. The lowest BCUT2D eigenvalue weighted by Crippen LogP contribution is -2.17. The van der Waals surface area contributed by atoms with Gasteiger partial charge in [0, 0.05) is 21.1 Å². The van der Waals surface area contributed by atoms with Crippen molar-refractivity contribution in [1.82, 2.24) is 0 Å². The molecular formula is C12H15ClO3S. The second-order valence-corrected chi connectivity index (χ2v) is 6.29. The topological polar surface area (TPSA) is 54.4 Å². The Morgan fingerprint density at radius 2 is 2.18 bits per heavy atom. The van der Waals surface area contributed by atoms with Gasteiger partial charge in [-0.1, -0.05) is 30.7 Å². The van der Waals surface area contributed by atoms with Gasteiger partial charge in [0.15, 0.2) is 0 Å². The lowest BCUT2D eigenvalue weighted by atomic mass is 10.2. The Kier molecular flexibility index (Phi) is 5.15. The zero-order valence-corrected chi connectivity index (χ0v) is 11.3. The highest BCUT2D eigenvalue weighted by atomic mass is 35.5. The van der Waals surface area contributed by atoms with Crippen molar-refractivity contribution in [3.63, 3.8) is 0 Å². The molecule has 1 aromatic rings. The number of halogens is 1. The largest absolute Gasteiger partial charge is 0.481 e. The highest BCUT2D eigenvalue weighted by Crippen LogP contribution is 2.20. The summed E-state index contributed by atoms with van der Waals surface area (Å²) in [4.78, 5) is 10.5. The molecule has 0 aromatic heterocycles. The summed E-state index contributed by atoms with van der Waals surface area (Å²) in [7, 11) is -1.22. The summed E-state index contributed by atoms with van der Waals surface area (Å²) in [6.45, 7) is 3.60. The minimum Gasteiger partial charge on any atom is -0.481 e. The van der Waals surface area contributed by atoms with E-state index in [1.165, 1.54) is 0 Å². The Morgan fingerprint density at radius 3 is 2.71 bits per heavy atom. The van der Waals surface area contributed by atoms with E-state index in [1.807, 2.05) is 25.1 Å². The van der Waals surface area contributed by atoms with E-state index in [0.717, 1.165) is 11.1 Å².